The van der Waals surface area contributed by atoms with Crippen LogP contribution in [-0.2, 0) is 4.79 Å². The number of carbonyl (C=O) groups excluding carboxylic acids is 1. The zero-order valence-corrected chi connectivity index (χ0v) is 14.3. The molecule has 0 bridgehead atoms. The molecule has 7 heteroatoms. The van der Waals surface area contributed by atoms with E-state index in [1.54, 1.807) is 33.8 Å². The minimum Gasteiger partial charge on any atom is -0.506 e. The van der Waals surface area contributed by atoms with Gasteiger partial charge < -0.3 is 5.11 Å². The van der Waals surface area contributed by atoms with E-state index in [4.69, 9.17) is 11.6 Å². The number of hydrogen-bond acceptors (Lipinski definition) is 5. The minimum absolute atomic E-state index is 0.165. The molecule has 1 rings (SSSR count). The van der Waals surface area contributed by atoms with Crippen molar-refractivity contribution in [2.24, 2.45) is 5.41 Å². The number of ketones is 1. The third-order valence-corrected chi connectivity index (χ3v) is 3.92. The van der Waals surface area contributed by atoms with Crippen molar-refractivity contribution in [3.63, 3.8) is 0 Å². The second kappa shape index (κ2) is 6.39. The predicted octanol–water partition coefficient (Wildman–Crippen LogP) is 4.27. The normalized spacial score (nSPS) is 12.4. The van der Waals surface area contributed by atoms with Crippen LogP contribution in [0.2, 0.25) is 5.02 Å². The van der Waals surface area contributed by atoms with Crippen molar-refractivity contribution in [2.75, 3.05) is 0 Å². The third-order valence-electron chi connectivity index (χ3n) is 3.34. The molecule has 0 unspecified atom stereocenters. The molecule has 1 aromatic carbocycles. The zero-order chi connectivity index (χ0) is 18.1. The van der Waals surface area contributed by atoms with E-state index in [2.05, 4.69) is 0 Å². The molecular weight excluding hydrogens is 320 g/mol. The molecule has 6 nitrogen and oxygen atoms in total. The fourth-order valence-electron chi connectivity index (χ4n) is 2.09. The van der Waals surface area contributed by atoms with E-state index in [0.29, 0.717) is 5.56 Å². The third kappa shape index (κ3) is 3.51. The summed E-state index contributed by atoms with van der Waals surface area (Å²) in [5, 5.41) is 31.1. The van der Waals surface area contributed by atoms with Crippen LogP contribution in [0.15, 0.2) is 11.6 Å². The number of nitrogens with zero attached hydrogens (tertiary/aromatic N) is 2. The number of carbonyl (C=O) groups is 1. The molecule has 0 aliphatic rings. The Morgan fingerprint density at radius 1 is 1.39 bits per heavy atom. The summed E-state index contributed by atoms with van der Waals surface area (Å²) in [5.74, 6) is -1.31. The lowest BCUT2D eigenvalue weighted by molar-refractivity contribution is -0.385. The number of halogens is 1. The number of hydrogen-bond donors (Lipinski definition) is 1. The fraction of sp³-hybridized carbons (Fsp3) is 0.375. The second-order valence-corrected chi connectivity index (χ2v) is 6.58. The van der Waals surface area contributed by atoms with Gasteiger partial charge in [0.15, 0.2) is 11.5 Å². The Hall–Kier alpha value is -2.39. The Morgan fingerprint density at radius 2 is 1.91 bits per heavy atom. The van der Waals surface area contributed by atoms with Crippen molar-refractivity contribution in [3.8, 4) is 6.07 Å². The second-order valence-electron chi connectivity index (χ2n) is 6.20. The van der Waals surface area contributed by atoms with Gasteiger partial charge in [0.25, 0.3) is 5.69 Å². The lowest BCUT2D eigenvalue weighted by Gasteiger charge is -2.17. The zero-order valence-electron chi connectivity index (χ0n) is 13.5. The molecule has 0 spiro atoms. The van der Waals surface area contributed by atoms with Crippen LogP contribution in [0.4, 0.5) is 5.69 Å². The van der Waals surface area contributed by atoms with Gasteiger partial charge in [0.1, 0.15) is 11.6 Å². The quantitative estimate of drug-likeness (QED) is 0.292. The molecular formula is C16H17ClN2O4. The van der Waals surface area contributed by atoms with E-state index in [1.807, 2.05) is 0 Å². The van der Waals surface area contributed by atoms with Crippen LogP contribution in [0.25, 0.3) is 5.76 Å². The lowest BCUT2D eigenvalue weighted by Crippen LogP contribution is -2.22. The minimum atomic E-state index is -0.912. The van der Waals surface area contributed by atoms with Gasteiger partial charge in [0, 0.05) is 11.0 Å². The maximum atomic E-state index is 12.3. The van der Waals surface area contributed by atoms with E-state index >= 15 is 0 Å². The summed E-state index contributed by atoms with van der Waals surface area (Å²) in [5.41, 5.74) is -1.38. The van der Waals surface area contributed by atoms with Crippen molar-refractivity contribution in [3.05, 3.63) is 43.5 Å². The van der Waals surface area contributed by atoms with Crippen LogP contribution in [0.1, 0.15) is 37.5 Å². The van der Waals surface area contributed by atoms with Crippen LogP contribution >= 0.6 is 11.6 Å². The largest absolute Gasteiger partial charge is 0.506 e. The molecule has 0 radical (unpaired) electrons. The number of nitro groups is 1. The van der Waals surface area contributed by atoms with Gasteiger partial charge in [-0.3, -0.25) is 14.9 Å². The first-order valence-corrected chi connectivity index (χ1v) is 7.13. The van der Waals surface area contributed by atoms with E-state index in [9.17, 15) is 25.3 Å². The maximum absolute atomic E-state index is 12.3. The highest BCUT2D eigenvalue weighted by Gasteiger charge is 2.32. The van der Waals surface area contributed by atoms with E-state index in [0.717, 1.165) is 0 Å². The number of benzene rings is 1. The standard InChI is InChI=1S/C16H17ClN2O4/c1-8-6-10(13(19(22)23)9(2)12(8)17)14(20)11(7-18)15(21)16(3,4)5/h6,20H,1-5H3. The Balaban J connectivity index is 3.82. The van der Waals surface area contributed by atoms with Gasteiger partial charge in [-0.2, -0.15) is 5.26 Å². The summed E-state index contributed by atoms with van der Waals surface area (Å²) in [7, 11) is 0. The van der Waals surface area contributed by atoms with Crippen molar-refractivity contribution in [2.45, 2.75) is 34.6 Å². The van der Waals surface area contributed by atoms with Crippen molar-refractivity contribution in [1.82, 2.24) is 0 Å². The summed E-state index contributed by atoms with van der Waals surface area (Å²) in [6, 6.07) is 2.95. The van der Waals surface area contributed by atoms with Crippen molar-refractivity contribution < 1.29 is 14.8 Å². The molecule has 122 valence electrons. The van der Waals surface area contributed by atoms with Gasteiger partial charge in [-0.1, -0.05) is 32.4 Å². The van der Waals surface area contributed by atoms with Gasteiger partial charge in [-0.15, -0.1) is 0 Å². The first-order valence-electron chi connectivity index (χ1n) is 6.76. The molecule has 0 fully saturated rings. The smallest absolute Gasteiger partial charge is 0.284 e. The number of allylic oxidation sites excluding steroid dienone is 1. The summed E-state index contributed by atoms with van der Waals surface area (Å²) in [4.78, 5) is 22.9. The summed E-state index contributed by atoms with van der Waals surface area (Å²) in [6.45, 7) is 7.83. The number of aliphatic hydroxyl groups is 1. The molecule has 1 aromatic rings. The Bertz CT molecular complexity index is 768. The molecule has 0 heterocycles. The molecule has 0 saturated carbocycles. The molecule has 0 aliphatic heterocycles. The van der Waals surface area contributed by atoms with E-state index < -0.39 is 33.1 Å². The first-order chi connectivity index (χ1) is 10.4. The van der Waals surface area contributed by atoms with E-state index in [1.165, 1.54) is 13.0 Å². The highest BCUT2D eigenvalue weighted by atomic mass is 35.5. The molecule has 1 N–H and O–H groups in total. The average molecular weight is 337 g/mol. The Labute approximate surface area is 139 Å². The van der Waals surface area contributed by atoms with Crippen LogP contribution in [0.5, 0.6) is 0 Å². The SMILES string of the molecule is Cc1cc(C(O)=C(C#N)C(=O)C(C)(C)C)c([N+](=O)[O-])c(C)c1Cl. The highest BCUT2D eigenvalue weighted by molar-refractivity contribution is 6.32. The van der Waals surface area contributed by atoms with Crippen LogP contribution < -0.4 is 0 Å². The van der Waals surface area contributed by atoms with Crippen molar-refractivity contribution >= 4 is 28.8 Å². The van der Waals surface area contributed by atoms with E-state index in [-0.39, 0.29) is 16.1 Å². The highest BCUT2D eigenvalue weighted by Crippen LogP contribution is 2.37. The number of nitro benzene ring substituents is 1. The van der Waals surface area contributed by atoms with Gasteiger partial charge in [-0.05, 0) is 25.5 Å². The van der Waals surface area contributed by atoms with Crippen LogP contribution in [0.3, 0.4) is 0 Å². The maximum Gasteiger partial charge on any atom is 0.284 e. The Kier molecular flexibility index (Phi) is 5.18. The Morgan fingerprint density at radius 3 is 2.30 bits per heavy atom. The molecule has 0 saturated heterocycles. The monoisotopic (exact) mass is 336 g/mol. The topological polar surface area (TPSA) is 104 Å². The predicted molar refractivity (Wildman–Crippen MR) is 87.2 cm³/mol. The van der Waals surface area contributed by atoms with Gasteiger partial charge in [-0.25, -0.2) is 0 Å². The summed E-state index contributed by atoms with van der Waals surface area (Å²) < 4.78 is 0. The van der Waals surface area contributed by atoms with Gasteiger partial charge >= 0.3 is 0 Å². The number of aryl methyl sites for hydroxylation is 1. The van der Waals surface area contributed by atoms with Gasteiger partial charge in [0.05, 0.1) is 15.5 Å². The van der Waals surface area contributed by atoms with Crippen LogP contribution in [-0.4, -0.2) is 15.8 Å². The molecule has 0 aliphatic carbocycles. The number of Topliss-reactive ketones (excluding diaryl/α,β-unsaturated/α-hetero) is 1. The molecule has 0 aromatic heterocycles. The van der Waals surface area contributed by atoms with Gasteiger partial charge in [0.2, 0.25) is 0 Å². The number of rotatable bonds is 3. The lowest BCUT2D eigenvalue weighted by atomic mass is 9.85. The van der Waals surface area contributed by atoms with Crippen LogP contribution in [0, 0.1) is 40.7 Å². The number of nitriles is 1. The summed E-state index contributed by atoms with van der Waals surface area (Å²) in [6.07, 6.45) is 0. The van der Waals surface area contributed by atoms with Crippen molar-refractivity contribution in [1.29, 1.82) is 5.26 Å². The number of aliphatic hydroxyl groups excluding tert-OH is 1. The molecule has 0 amide bonds. The average Bonchev–Trinajstić information content (AvgIpc) is 2.43. The molecule has 23 heavy (non-hydrogen) atoms. The molecule has 0 atom stereocenters. The first kappa shape index (κ1) is 18.7. The fourth-order valence-corrected chi connectivity index (χ4v) is 2.23. The summed E-state index contributed by atoms with van der Waals surface area (Å²) >= 11 is 6.02.